The van der Waals surface area contributed by atoms with E-state index in [-0.39, 0.29) is 18.3 Å². The highest BCUT2D eigenvalue weighted by molar-refractivity contribution is 6.32. The molecule has 0 aliphatic carbocycles. The zero-order valence-corrected chi connectivity index (χ0v) is 13.9. The van der Waals surface area contributed by atoms with Crippen molar-refractivity contribution in [3.63, 3.8) is 0 Å². The van der Waals surface area contributed by atoms with Gasteiger partial charge in [0.2, 0.25) is 0 Å². The predicted octanol–water partition coefficient (Wildman–Crippen LogP) is 1.84. The van der Waals surface area contributed by atoms with E-state index in [1.807, 2.05) is 0 Å². The molecule has 0 bridgehead atoms. The Balaban J connectivity index is 1.90. The first-order chi connectivity index (χ1) is 12.1. The monoisotopic (exact) mass is 359 g/mol. The number of likely N-dealkylation sites (N-methyl/N-ethyl adjacent to an activating group) is 1. The average Bonchev–Trinajstić information content (AvgIpc) is 2.61. The second-order valence-electron chi connectivity index (χ2n) is 5.07. The van der Waals surface area contributed by atoms with Gasteiger partial charge in [0.1, 0.15) is 11.3 Å². The van der Waals surface area contributed by atoms with Crippen LogP contribution in [-0.2, 0) is 4.79 Å². The van der Waals surface area contributed by atoms with E-state index in [0.717, 1.165) is 11.1 Å². The summed E-state index contributed by atoms with van der Waals surface area (Å²) >= 11 is 6.03. The lowest BCUT2D eigenvalue weighted by molar-refractivity contribution is -0.122. The summed E-state index contributed by atoms with van der Waals surface area (Å²) in [7, 11) is 1.49. The molecule has 0 unspecified atom stereocenters. The van der Waals surface area contributed by atoms with Crippen molar-refractivity contribution in [1.82, 2.24) is 20.3 Å². The van der Waals surface area contributed by atoms with Crippen molar-refractivity contribution in [2.45, 2.75) is 0 Å². The summed E-state index contributed by atoms with van der Waals surface area (Å²) in [5.74, 6) is 0.207. The Morgan fingerprint density at radius 1 is 1.36 bits per heavy atom. The number of nitrogens with zero attached hydrogens (tertiary/aromatic N) is 2. The molecule has 1 amide bonds. The number of hydrogen-bond donors (Lipinski definition) is 3. The quantitative estimate of drug-likeness (QED) is 0.641. The summed E-state index contributed by atoms with van der Waals surface area (Å²) in [6.07, 6.45) is 2.87. The molecule has 0 aliphatic heterocycles. The minimum Gasteiger partial charge on any atom is -0.478 e. The van der Waals surface area contributed by atoms with Gasteiger partial charge in [0.25, 0.3) is 11.5 Å². The second kappa shape index (κ2) is 7.18. The first-order valence-electron chi connectivity index (χ1n) is 7.30. The van der Waals surface area contributed by atoms with Gasteiger partial charge in [-0.1, -0.05) is 11.6 Å². The molecule has 0 aliphatic rings. The topological polar surface area (TPSA) is 109 Å². The fourth-order valence-corrected chi connectivity index (χ4v) is 2.28. The Kier molecular flexibility index (Phi) is 4.80. The molecule has 8 nitrogen and oxygen atoms in total. The summed E-state index contributed by atoms with van der Waals surface area (Å²) in [5.41, 5.74) is 0.949. The van der Waals surface area contributed by atoms with Crippen LogP contribution in [0.15, 0.2) is 41.6 Å². The van der Waals surface area contributed by atoms with E-state index in [0.29, 0.717) is 16.4 Å². The third kappa shape index (κ3) is 3.86. The molecule has 0 fully saturated rings. The zero-order valence-electron chi connectivity index (χ0n) is 13.2. The van der Waals surface area contributed by atoms with Crippen molar-refractivity contribution in [2.24, 2.45) is 0 Å². The summed E-state index contributed by atoms with van der Waals surface area (Å²) in [6.45, 7) is -0.237. The van der Waals surface area contributed by atoms with Gasteiger partial charge in [-0.05, 0) is 24.3 Å². The number of aromatic nitrogens is 3. The lowest BCUT2D eigenvalue weighted by Gasteiger charge is -2.09. The van der Waals surface area contributed by atoms with Crippen LogP contribution < -0.4 is 20.9 Å². The van der Waals surface area contributed by atoms with Crippen molar-refractivity contribution < 1.29 is 9.53 Å². The van der Waals surface area contributed by atoms with Crippen molar-refractivity contribution in [1.29, 1.82) is 0 Å². The maximum absolute atomic E-state index is 12.0. The van der Waals surface area contributed by atoms with E-state index in [9.17, 15) is 9.59 Å². The molecule has 9 heteroatoms. The molecule has 2 aromatic heterocycles. The highest BCUT2D eigenvalue weighted by Gasteiger charge is 2.08. The van der Waals surface area contributed by atoms with Gasteiger partial charge in [0.15, 0.2) is 18.2 Å². The van der Waals surface area contributed by atoms with Crippen LogP contribution >= 0.6 is 11.6 Å². The molecule has 25 heavy (non-hydrogen) atoms. The van der Waals surface area contributed by atoms with Crippen LogP contribution in [0.1, 0.15) is 0 Å². The number of pyridine rings is 1. The lowest BCUT2D eigenvalue weighted by atomic mass is 10.2. The van der Waals surface area contributed by atoms with Gasteiger partial charge < -0.3 is 20.4 Å². The Morgan fingerprint density at radius 2 is 2.20 bits per heavy atom. The van der Waals surface area contributed by atoms with Gasteiger partial charge in [0, 0.05) is 23.6 Å². The Bertz CT molecular complexity index is 989. The first-order valence-corrected chi connectivity index (χ1v) is 7.67. The highest BCUT2D eigenvalue weighted by atomic mass is 35.5. The maximum Gasteiger partial charge on any atom is 0.290 e. The van der Waals surface area contributed by atoms with Gasteiger partial charge in [-0.25, -0.2) is 9.97 Å². The molecule has 2 heterocycles. The Morgan fingerprint density at radius 3 is 2.96 bits per heavy atom. The van der Waals surface area contributed by atoms with Crippen LogP contribution in [0.3, 0.4) is 0 Å². The Labute approximate surface area is 147 Å². The first kappa shape index (κ1) is 16.7. The third-order valence-electron chi connectivity index (χ3n) is 3.38. The SMILES string of the molecule is CNC(=O)COc1cc2cc(Nc3ncncc3Cl)ccc2[nH]c1=O. The summed E-state index contributed by atoms with van der Waals surface area (Å²) in [6, 6.07) is 6.90. The highest BCUT2D eigenvalue weighted by Crippen LogP contribution is 2.25. The van der Waals surface area contributed by atoms with E-state index < -0.39 is 5.56 Å². The Hall–Kier alpha value is -3.13. The number of rotatable bonds is 5. The summed E-state index contributed by atoms with van der Waals surface area (Å²) < 4.78 is 5.26. The molecule has 3 rings (SSSR count). The lowest BCUT2D eigenvalue weighted by Crippen LogP contribution is -2.26. The van der Waals surface area contributed by atoms with Crippen molar-refractivity contribution in [2.75, 3.05) is 19.0 Å². The van der Waals surface area contributed by atoms with Crippen LogP contribution in [0.4, 0.5) is 11.5 Å². The second-order valence-corrected chi connectivity index (χ2v) is 5.48. The number of carbonyl (C=O) groups excluding carboxylic acids is 1. The van der Waals surface area contributed by atoms with E-state index in [4.69, 9.17) is 16.3 Å². The number of amides is 1. The number of ether oxygens (including phenoxy) is 1. The van der Waals surface area contributed by atoms with Crippen molar-refractivity contribution >= 4 is 39.9 Å². The number of fused-ring (bicyclic) bond motifs is 1. The van der Waals surface area contributed by atoms with Crippen LogP contribution in [0.25, 0.3) is 10.9 Å². The number of anilines is 2. The fourth-order valence-electron chi connectivity index (χ4n) is 2.13. The number of hydrogen-bond acceptors (Lipinski definition) is 6. The van der Waals surface area contributed by atoms with Gasteiger partial charge in [-0.2, -0.15) is 0 Å². The summed E-state index contributed by atoms with van der Waals surface area (Å²) in [4.78, 5) is 33.9. The standard InChI is InChI=1S/C16H14ClN5O3/c1-18-14(23)7-25-13-5-9-4-10(2-3-12(9)22-16(13)24)21-15-11(17)6-19-8-20-15/h2-6,8H,7H2,1H3,(H,18,23)(H,22,24)(H,19,20,21). The van der Waals surface area contributed by atoms with Crippen molar-refractivity contribution in [3.8, 4) is 5.75 Å². The van der Waals surface area contributed by atoms with Crippen LogP contribution in [0, 0.1) is 0 Å². The predicted molar refractivity (Wildman–Crippen MR) is 94.5 cm³/mol. The number of benzene rings is 1. The number of H-pyrrole nitrogens is 1. The molecule has 1 aromatic carbocycles. The molecule has 3 N–H and O–H groups in total. The fraction of sp³-hybridized carbons (Fsp3) is 0.125. The number of carbonyl (C=O) groups is 1. The molecule has 128 valence electrons. The van der Waals surface area contributed by atoms with Crippen LogP contribution in [-0.4, -0.2) is 34.5 Å². The molecule has 0 spiro atoms. The smallest absolute Gasteiger partial charge is 0.290 e. The largest absolute Gasteiger partial charge is 0.478 e. The molecule has 0 atom stereocenters. The average molecular weight is 360 g/mol. The maximum atomic E-state index is 12.0. The van der Waals surface area contributed by atoms with E-state index >= 15 is 0 Å². The zero-order chi connectivity index (χ0) is 17.8. The van der Waals surface area contributed by atoms with Gasteiger partial charge in [-0.3, -0.25) is 9.59 Å². The van der Waals surface area contributed by atoms with E-state index in [1.54, 1.807) is 24.3 Å². The molecule has 0 saturated carbocycles. The normalized spacial score (nSPS) is 10.5. The molecular weight excluding hydrogens is 346 g/mol. The minimum atomic E-state index is -0.407. The van der Waals surface area contributed by atoms with Gasteiger partial charge >= 0.3 is 0 Å². The van der Waals surface area contributed by atoms with Gasteiger partial charge in [0.05, 0.1) is 6.20 Å². The summed E-state index contributed by atoms with van der Waals surface area (Å²) in [5, 5.41) is 6.61. The third-order valence-corrected chi connectivity index (χ3v) is 3.65. The molecular formula is C16H14ClN5O3. The van der Waals surface area contributed by atoms with E-state index in [1.165, 1.54) is 19.6 Å². The molecule has 3 aromatic rings. The minimum absolute atomic E-state index is 0.0633. The molecule has 0 saturated heterocycles. The van der Waals surface area contributed by atoms with Crippen LogP contribution in [0.5, 0.6) is 5.75 Å². The van der Waals surface area contributed by atoms with Gasteiger partial charge in [-0.15, -0.1) is 0 Å². The molecule has 0 radical (unpaired) electrons. The van der Waals surface area contributed by atoms with E-state index in [2.05, 4.69) is 25.6 Å². The number of halogens is 1. The van der Waals surface area contributed by atoms with Crippen molar-refractivity contribution in [3.05, 3.63) is 52.2 Å². The number of nitrogens with one attached hydrogen (secondary N) is 3. The van der Waals surface area contributed by atoms with Crippen LogP contribution in [0.2, 0.25) is 5.02 Å². The number of aromatic amines is 1.